The summed E-state index contributed by atoms with van der Waals surface area (Å²) in [5, 5.41) is 2.33. The van der Waals surface area contributed by atoms with Crippen LogP contribution in [-0.4, -0.2) is 26.2 Å². The molecule has 0 heterocycles. The van der Waals surface area contributed by atoms with Crippen molar-refractivity contribution in [3.05, 3.63) is 47.5 Å². The molecule has 2 aromatic carbocycles. The Morgan fingerprint density at radius 2 is 1.88 bits per heavy atom. The van der Waals surface area contributed by atoms with Crippen LogP contribution < -0.4 is 0 Å². The minimum Gasteiger partial charge on any atom is -0.469 e. The van der Waals surface area contributed by atoms with Crippen molar-refractivity contribution >= 4 is 22.7 Å². The standard InChI is InChI=1S/C20H22O4/c1-20(19(22)24-3)14(12-18(21)23-2)9-10-16-15-7-5-4-6-13(15)8-11-17(16)20/h4-8,11,14H,9-10,12H2,1-3H3/t14-,20-/m1/s1. The largest absolute Gasteiger partial charge is 0.469 e. The first-order chi connectivity index (χ1) is 11.5. The first kappa shape index (κ1) is 16.5. The van der Waals surface area contributed by atoms with E-state index in [-0.39, 0.29) is 24.3 Å². The molecule has 0 amide bonds. The second kappa shape index (κ2) is 6.27. The summed E-state index contributed by atoms with van der Waals surface area (Å²) >= 11 is 0. The SMILES string of the molecule is COC(=O)C[C@H]1CCc2c(ccc3ccccc23)[C@]1(C)C(=O)OC. The second-order valence-electron chi connectivity index (χ2n) is 6.52. The highest BCUT2D eigenvalue weighted by Gasteiger charge is 2.48. The van der Waals surface area contributed by atoms with E-state index < -0.39 is 5.41 Å². The predicted molar refractivity (Wildman–Crippen MR) is 91.8 cm³/mol. The van der Waals surface area contributed by atoms with E-state index in [0.29, 0.717) is 0 Å². The van der Waals surface area contributed by atoms with Crippen molar-refractivity contribution in [2.45, 2.75) is 31.6 Å². The number of methoxy groups -OCH3 is 2. The number of carbonyl (C=O) groups is 2. The highest BCUT2D eigenvalue weighted by molar-refractivity contribution is 5.92. The van der Waals surface area contributed by atoms with E-state index in [9.17, 15) is 9.59 Å². The maximum atomic E-state index is 12.7. The van der Waals surface area contributed by atoms with Crippen LogP contribution in [0.25, 0.3) is 10.8 Å². The van der Waals surface area contributed by atoms with Gasteiger partial charge in [-0.25, -0.2) is 0 Å². The van der Waals surface area contributed by atoms with Crippen molar-refractivity contribution in [1.82, 2.24) is 0 Å². The lowest BCUT2D eigenvalue weighted by atomic mass is 9.62. The zero-order valence-corrected chi connectivity index (χ0v) is 14.3. The van der Waals surface area contributed by atoms with E-state index >= 15 is 0 Å². The van der Waals surface area contributed by atoms with Crippen LogP contribution in [-0.2, 0) is 30.9 Å². The van der Waals surface area contributed by atoms with Gasteiger partial charge in [0, 0.05) is 6.42 Å². The summed E-state index contributed by atoms with van der Waals surface area (Å²) in [5.41, 5.74) is 1.30. The van der Waals surface area contributed by atoms with Crippen molar-refractivity contribution in [2.24, 2.45) is 5.92 Å². The van der Waals surface area contributed by atoms with Gasteiger partial charge in [0.25, 0.3) is 0 Å². The number of fused-ring (bicyclic) bond motifs is 3. The van der Waals surface area contributed by atoms with E-state index in [1.165, 1.54) is 25.2 Å². The van der Waals surface area contributed by atoms with E-state index in [0.717, 1.165) is 23.8 Å². The molecule has 0 spiro atoms. The molecule has 3 rings (SSSR count). The number of ether oxygens (including phenoxy) is 2. The van der Waals surface area contributed by atoms with Gasteiger partial charge in [0.2, 0.25) is 0 Å². The van der Waals surface area contributed by atoms with Gasteiger partial charge < -0.3 is 9.47 Å². The van der Waals surface area contributed by atoms with Crippen molar-refractivity contribution in [1.29, 1.82) is 0 Å². The van der Waals surface area contributed by atoms with Crippen LogP contribution >= 0.6 is 0 Å². The normalized spacial score (nSPS) is 22.7. The van der Waals surface area contributed by atoms with Gasteiger partial charge in [-0.05, 0) is 47.6 Å². The Labute approximate surface area is 141 Å². The molecule has 0 radical (unpaired) electrons. The van der Waals surface area contributed by atoms with Crippen molar-refractivity contribution in [2.75, 3.05) is 14.2 Å². The Hall–Kier alpha value is -2.36. The smallest absolute Gasteiger partial charge is 0.316 e. The average Bonchev–Trinajstić information content (AvgIpc) is 2.62. The van der Waals surface area contributed by atoms with Crippen molar-refractivity contribution in [3.63, 3.8) is 0 Å². The van der Waals surface area contributed by atoms with Gasteiger partial charge in [-0.2, -0.15) is 0 Å². The number of rotatable bonds is 3. The monoisotopic (exact) mass is 326 g/mol. The van der Waals surface area contributed by atoms with Crippen LogP contribution in [0.4, 0.5) is 0 Å². The van der Waals surface area contributed by atoms with Gasteiger partial charge in [-0.3, -0.25) is 9.59 Å². The van der Waals surface area contributed by atoms with Crippen LogP contribution in [0.2, 0.25) is 0 Å². The molecule has 2 atom stereocenters. The van der Waals surface area contributed by atoms with Gasteiger partial charge in [0.05, 0.1) is 19.6 Å². The van der Waals surface area contributed by atoms with E-state index in [4.69, 9.17) is 9.47 Å². The van der Waals surface area contributed by atoms with Gasteiger partial charge in [-0.1, -0.05) is 36.4 Å². The highest BCUT2D eigenvalue weighted by Crippen LogP contribution is 2.46. The predicted octanol–water partition coefficient (Wildman–Crippen LogP) is 3.40. The van der Waals surface area contributed by atoms with Gasteiger partial charge in [-0.15, -0.1) is 0 Å². The molecule has 0 aliphatic heterocycles. The van der Waals surface area contributed by atoms with Crippen LogP contribution in [0.3, 0.4) is 0 Å². The minimum atomic E-state index is -0.847. The molecule has 2 aromatic rings. The molecule has 4 nitrogen and oxygen atoms in total. The molecule has 1 aliphatic rings. The third-order valence-electron chi connectivity index (χ3n) is 5.41. The number of hydrogen-bond acceptors (Lipinski definition) is 4. The van der Waals surface area contributed by atoms with Crippen molar-refractivity contribution in [3.8, 4) is 0 Å². The zero-order chi connectivity index (χ0) is 17.3. The maximum Gasteiger partial charge on any atom is 0.316 e. The molecular weight excluding hydrogens is 304 g/mol. The van der Waals surface area contributed by atoms with E-state index in [2.05, 4.69) is 12.1 Å². The lowest BCUT2D eigenvalue weighted by Crippen LogP contribution is -2.45. The summed E-state index contributed by atoms with van der Waals surface area (Å²) in [4.78, 5) is 24.5. The van der Waals surface area contributed by atoms with Gasteiger partial charge >= 0.3 is 11.9 Å². The lowest BCUT2D eigenvalue weighted by molar-refractivity contribution is -0.151. The number of aryl methyl sites for hydroxylation is 1. The van der Waals surface area contributed by atoms with Crippen molar-refractivity contribution < 1.29 is 19.1 Å². The second-order valence-corrected chi connectivity index (χ2v) is 6.52. The quantitative estimate of drug-likeness (QED) is 0.811. The third-order valence-corrected chi connectivity index (χ3v) is 5.41. The number of esters is 2. The summed E-state index contributed by atoms with van der Waals surface area (Å²) < 4.78 is 9.94. The molecule has 0 unspecified atom stereocenters. The van der Waals surface area contributed by atoms with Gasteiger partial charge in [0.15, 0.2) is 0 Å². The topological polar surface area (TPSA) is 52.6 Å². The Kier molecular flexibility index (Phi) is 4.31. The lowest BCUT2D eigenvalue weighted by Gasteiger charge is -2.40. The number of hydrogen-bond donors (Lipinski definition) is 0. The first-order valence-corrected chi connectivity index (χ1v) is 8.18. The summed E-state index contributed by atoms with van der Waals surface area (Å²) in [7, 11) is 2.78. The molecule has 1 aliphatic carbocycles. The summed E-state index contributed by atoms with van der Waals surface area (Å²) in [6.45, 7) is 1.89. The van der Waals surface area contributed by atoms with Gasteiger partial charge in [0.1, 0.15) is 0 Å². The highest BCUT2D eigenvalue weighted by atomic mass is 16.5. The van der Waals surface area contributed by atoms with E-state index in [1.807, 2.05) is 31.2 Å². The molecule has 0 bridgehead atoms. The van der Waals surface area contributed by atoms with E-state index in [1.54, 1.807) is 0 Å². The first-order valence-electron chi connectivity index (χ1n) is 8.18. The molecule has 4 heteroatoms. The molecule has 0 fully saturated rings. The average molecular weight is 326 g/mol. The minimum absolute atomic E-state index is 0.133. The molecule has 0 saturated heterocycles. The fourth-order valence-electron chi connectivity index (χ4n) is 4.00. The molecule has 126 valence electrons. The Bertz CT molecular complexity index is 795. The Balaban J connectivity index is 2.17. The fourth-order valence-corrected chi connectivity index (χ4v) is 4.00. The van der Waals surface area contributed by atoms with Crippen LogP contribution in [0.5, 0.6) is 0 Å². The Morgan fingerprint density at radius 3 is 2.58 bits per heavy atom. The molecular formula is C20H22O4. The fraction of sp³-hybridized carbons (Fsp3) is 0.400. The van der Waals surface area contributed by atoms with Crippen LogP contribution in [0, 0.1) is 5.92 Å². The summed E-state index contributed by atoms with van der Waals surface area (Å²) in [5.74, 6) is -0.724. The van der Waals surface area contributed by atoms with Crippen LogP contribution in [0.15, 0.2) is 36.4 Å². The molecule has 0 saturated carbocycles. The third kappa shape index (κ3) is 2.46. The number of benzene rings is 2. The molecule has 0 aromatic heterocycles. The Morgan fingerprint density at radius 1 is 1.12 bits per heavy atom. The molecule has 24 heavy (non-hydrogen) atoms. The number of carbonyl (C=O) groups excluding carboxylic acids is 2. The maximum absolute atomic E-state index is 12.7. The molecule has 0 N–H and O–H groups in total. The van der Waals surface area contributed by atoms with Crippen LogP contribution in [0.1, 0.15) is 30.9 Å². The zero-order valence-electron chi connectivity index (χ0n) is 14.3. The summed E-state index contributed by atoms with van der Waals surface area (Å²) in [6, 6.07) is 12.2. The summed E-state index contributed by atoms with van der Waals surface area (Å²) in [6.07, 6.45) is 1.81.